The molecule has 1 amide bonds. The van der Waals surface area contributed by atoms with Crippen molar-refractivity contribution in [1.29, 1.82) is 0 Å². The highest BCUT2D eigenvalue weighted by molar-refractivity contribution is 6.36. The fourth-order valence-corrected chi connectivity index (χ4v) is 2.28. The molecule has 0 fully saturated rings. The molecule has 0 unspecified atom stereocenters. The van der Waals surface area contributed by atoms with Crippen molar-refractivity contribution in [2.24, 2.45) is 0 Å². The lowest BCUT2D eigenvalue weighted by molar-refractivity contribution is -0.147. The summed E-state index contributed by atoms with van der Waals surface area (Å²) in [7, 11) is 0. The number of rotatable bonds is 7. The van der Waals surface area contributed by atoms with E-state index >= 15 is 0 Å². The van der Waals surface area contributed by atoms with Crippen molar-refractivity contribution >= 4 is 40.9 Å². The van der Waals surface area contributed by atoms with Gasteiger partial charge in [0, 0.05) is 6.20 Å². The van der Waals surface area contributed by atoms with Gasteiger partial charge in [-0.3, -0.25) is 9.59 Å². The van der Waals surface area contributed by atoms with Crippen molar-refractivity contribution in [3.05, 3.63) is 52.1 Å². The van der Waals surface area contributed by atoms with Crippen LogP contribution in [0.5, 0.6) is 5.75 Å². The first kappa shape index (κ1) is 19.0. The molecule has 0 aliphatic rings. The number of benzene rings is 1. The van der Waals surface area contributed by atoms with Gasteiger partial charge in [-0.15, -0.1) is 0 Å². The van der Waals surface area contributed by atoms with E-state index in [1.165, 1.54) is 12.3 Å². The molecule has 2 rings (SSSR count). The third-order valence-electron chi connectivity index (χ3n) is 2.99. The molecule has 6 nitrogen and oxygen atoms in total. The summed E-state index contributed by atoms with van der Waals surface area (Å²) in [6.45, 7) is 1.67. The third-order valence-corrected chi connectivity index (χ3v) is 3.49. The zero-order chi connectivity index (χ0) is 18.2. The van der Waals surface area contributed by atoms with E-state index in [0.29, 0.717) is 10.8 Å². The normalized spacial score (nSPS) is 10.2. The van der Waals surface area contributed by atoms with Crippen molar-refractivity contribution in [2.45, 2.75) is 13.3 Å². The number of aryl methyl sites for hydroxylation is 1. The van der Waals surface area contributed by atoms with Gasteiger partial charge < -0.3 is 14.8 Å². The largest absolute Gasteiger partial charge is 0.493 e. The second-order valence-electron chi connectivity index (χ2n) is 5.11. The Bertz CT molecular complexity index is 768. The molecule has 1 N–H and O–H groups in total. The smallest absolute Gasteiger partial charge is 0.309 e. The van der Waals surface area contributed by atoms with E-state index in [2.05, 4.69) is 10.3 Å². The van der Waals surface area contributed by atoms with E-state index in [4.69, 9.17) is 32.7 Å². The number of hydrogen-bond donors (Lipinski definition) is 1. The average molecular weight is 383 g/mol. The number of amides is 1. The Hall–Kier alpha value is -2.31. The maximum absolute atomic E-state index is 11.7. The fraction of sp³-hybridized carbons (Fsp3) is 0.235. The molecule has 0 spiro atoms. The van der Waals surface area contributed by atoms with Crippen molar-refractivity contribution < 1.29 is 19.1 Å². The van der Waals surface area contributed by atoms with Crippen LogP contribution in [0.4, 0.5) is 5.82 Å². The van der Waals surface area contributed by atoms with Crippen molar-refractivity contribution in [3.63, 3.8) is 0 Å². The highest BCUT2D eigenvalue weighted by Gasteiger charge is 2.11. The molecule has 132 valence electrons. The SMILES string of the molecule is Cc1cccc(OCCC(=O)OCC(=O)Nc2ncc(Cl)cc2Cl)c1. The molecule has 0 radical (unpaired) electrons. The number of nitrogens with zero attached hydrogens (tertiary/aromatic N) is 1. The zero-order valence-electron chi connectivity index (χ0n) is 13.4. The van der Waals surface area contributed by atoms with Crippen molar-refractivity contribution in [2.75, 3.05) is 18.5 Å². The molecule has 8 heteroatoms. The molecule has 0 aliphatic carbocycles. The monoisotopic (exact) mass is 382 g/mol. The van der Waals surface area contributed by atoms with Crippen molar-refractivity contribution in [3.8, 4) is 5.75 Å². The Morgan fingerprint density at radius 2 is 2.04 bits per heavy atom. The summed E-state index contributed by atoms with van der Waals surface area (Å²) < 4.78 is 10.3. The van der Waals surface area contributed by atoms with Crippen LogP contribution in [0.25, 0.3) is 0 Å². The Labute approximate surface area is 155 Å². The number of hydrogen-bond acceptors (Lipinski definition) is 5. The van der Waals surface area contributed by atoms with Crippen LogP contribution in [0.15, 0.2) is 36.5 Å². The van der Waals surface area contributed by atoms with E-state index < -0.39 is 18.5 Å². The number of anilines is 1. The van der Waals surface area contributed by atoms with E-state index in [1.54, 1.807) is 6.07 Å². The van der Waals surface area contributed by atoms with Crippen molar-refractivity contribution in [1.82, 2.24) is 4.98 Å². The van der Waals surface area contributed by atoms with Crippen LogP contribution >= 0.6 is 23.2 Å². The highest BCUT2D eigenvalue weighted by Crippen LogP contribution is 2.22. The molecule has 0 aliphatic heterocycles. The predicted octanol–water partition coefficient (Wildman–Crippen LogP) is 3.65. The molecule has 1 aromatic heterocycles. The van der Waals surface area contributed by atoms with Gasteiger partial charge in [0.25, 0.3) is 5.91 Å². The third kappa shape index (κ3) is 6.60. The molecule has 0 saturated carbocycles. The van der Waals surface area contributed by atoms with Crippen LogP contribution in [-0.2, 0) is 14.3 Å². The quantitative estimate of drug-likeness (QED) is 0.739. The van der Waals surface area contributed by atoms with Gasteiger partial charge in [0.15, 0.2) is 12.4 Å². The second kappa shape index (κ2) is 9.25. The summed E-state index contributed by atoms with van der Waals surface area (Å²) in [5, 5.41) is 2.98. The Morgan fingerprint density at radius 1 is 1.24 bits per heavy atom. The number of carbonyl (C=O) groups excluding carboxylic acids is 2. The van der Waals surface area contributed by atoms with Gasteiger partial charge in [-0.05, 0) is 30.7 Å². The number of carbonyl (C=O) groups is 2. The number of ether oxygens (including phenoxy) is 2. The number of aromatic nitrogens is 1. The Kier molecular flexibility index (Phi) is 7.03. The average Bonchev–Trinajstić information content (AvgIpc) is 2.56. The summed E-state index contributed by atoms with van der Waals surface area (Å²) in [6, 6.07) is 8.92. The maximum Gasteiger partial charge on any atom is 0.309 e. The van der Waals surface area contributed by atoms with Gasteiger partial charge in [0.1, 0.15) is 5.75 Å². The zero-order valence-corrected chi connectivity index (χ0v) is 14.9. The van der Waals surface area contributed by atoms with Gasteiger partial charge in [-0.2, -0.15) is 0 Å². The van der Waals surface area contributed by atoms with Crippen LogP contribution in [0.2, 0.25) is 10.0 Å². The standard InChI is InChI=1S/C17H16Cl2N2O4/c1-11-3-2-4-13(7-11)24-6-5-16(23)25-10-15(22)21-17-14(19)8-12(18)9-20-17/h2-4,7-9H,5-6,10H2,1H3,(H,20,21,22). The molecule has 2 aromatic rings. The van der Waals surface area contributed by atoms with Gasteiger partial charge in [-0.25, -0.2) is 4.98 Å². The van der Waals surface area contributed by atoms with Gasteiger partial charge in [0.2, 0.25) is 0 Å². The molecular formula is C17H16Cl2N2O4. The Balaban J connectivity index is 1.69. The molecule has 1 aromatic carbocycles. The number of nitrogens with one attached hydrogen (secondary N) is 1. The van der Waals surface area contributed by atoms with Crippen LogP contribution in [-0.4, -0.2) is 30.1 Å². The molecule has 0 atom stereocenters. The lowest BCUT2D eigenvalue weighted by Gasteiger charge is -2.08. The summed E-state index contributed by atoms with van der Waals surface area (Å²) in [5.74, 6) is -0.272. The molecule has 0 bridgehead atoms. The van der Waals surface area contributed by atoms with Gasteiger partial charge in [-0.1, -0.05) is 35.3 Å². The van der Waals surface area contributed by atoms with Crippen LogP contribution in [0.3, 0.4) is 0 Å². The van der Waals surface area contributed by atoms with Gasteiger partial charge in [0.05, 0.1) is 23.1 Å². The Morgan fingerprint density at radius 3 is 2.76 bits per heavy atom. The highest BCUT2D eigenvalue weighted by atomic mass is 35.5. The lowest BCUT2D eigenvalue weighted by atomic mass is 10.2. The predicted molar refractivity (Wildman–Crippen MR) is 95.1 cm³/mol. The van der Waals surface area contributed by atoms with E-state index in [-0.39, 0.29) is 23.9 Å². The minimum Gasteiger partial charge on any atom is -0.493 e. The van der Waals surface area contributed by atoms with Gasteiger partial charge >= 0.3 is 5.97 Å². The number of halogens is 2. The maximum atomic E-state index is 11.7. The van der Waals surface area contributed by atoms with Crippen LogP contribution in [0.1, 0.15) is 12.0 Å². The molecule has 1 heterocycles. The first-order valence-electron chi connectivity index (χ1n) is 7.40. The number of pyridine rings is 1. The minimum atomic E-state index is -0.551. The lowest BCUT2D eigenvalue weighted by Crippen LogP contribution is -2.22. The molecular weight excluding hydrogens is 367 g/mol. The second-order valence-corrected chi connectivity index (χ2v) is 5.95. The molecule has 0 saturated heterocycles. The number of esters is 1. The summed E-state index contributed by atoms with van der Waals surface area (Å²) in [5.41, 5.74) is 1.06. The molecule has 25 heavy (non-hydrogen) atoms. The van der Waals surface area contributed by atoms with E-state index in [1.807, 2.05) is 25.1 Å². The minimum absolute atomic E-state index is 0.0289. The summed E-state index contributed by atoms with van der Waals surface area (Å²) >= 11 is 11.6. The van der Waals surface area contributed by atoms with E-state index in [9.17, 15) is 9.59 Å². The van der Waals surface area contributed by atoms with Crippen LogP contribution in [0, 0.1) is 6.92 Å². The summed E-state index contributed by atoms with van der Waals surface area (Å²) in [6.07, 6.45) is 1.37. The summed E-state index contributed by atoms with van der Waals surface area (Å²) in [4.78, 5) is 27.2. The topological polar surface area (TPSA) is 77.5 Å². The van der Waals surface area contributed by atoms with E-state index in [0.717, 1.165) is 5.56 Å². The fourth-order valence-electron chi connectivity index (χ4n) is 1.85. The van der Waals surface area contributed by atoms with Crippen LogP contribution < -0.4 is 10.1 Å². The first-order valence-corrected chi connectivity index (χ1v) is 8.15. The first-order chi connectivity index (χ1) is 11.9.